The van der Waals surface area contributed by atoms with Crippen LogP contribution in [0, 0.1) is 0 Å². The molecule has 6 nitrogen and oxygen atoms in total. The summed E-state index contributed by atoms with van der Waals surface area (Å²) in [4.78, 5) is 22.3. The van der Waals surface area contributed by atoms with E-state index in [2.05, 4.69) is 25.6 Å². The summed E-state index contributed by atoms with van der Waals surface area (Å²) in [6.07, 6.45) is 0. The van der Waals surface area contributed by atoms with Crippen molar-refractivity contribution >= 4 is 46.4 Å². The van der Waals surface area contributed by atoms with Crippen molar-refractivity contribution in [3.8, 4) is 0 Å². The second-order valence-corrected chi connectivity index (χ2v) is 4.26. The van der Waals surface area contributed by atoms with E-state index in [1.54, 1.807) is 24.3 Å². The topological polar surface area (TPSA) is 79.8 Å². The largest absolute Gasteiger partial charge is 0.326 e. The Kier molecular flexibility index (Phi) is 4.13. The minimum absolute atomic E-state index is 0.0115. The van der Waals surface area contributed by atoms with Crippen molar-refractivity contribution in [2.24, 2.45) is 0 Å². The summed E-state index contributed by atoms with van der Waals surface area (Å²) in [5.41, 5.74) is 1.43. The molecular weight excluding hydrogens is 289 g/mol. The fourth-order valence-electron chi connectivity index (χ4n) is 1.35. The lowest BCUT2D eigenvalue weighted by atomic mass is 10.3. The predicted molar refractivity (Wildman–Crippen MR) is 73.9 cm³/mol. The first-order valence-electron chi connectivity index (χ1n) is 5.25. The molecule has 19 heavy (non-hydrogen) atoms. The minimum atomic E-state index is -0.128. The van der Waals surface area contributed by atoms with Crippen LogP contribution in [0.1, 0.15) is 6.92 Å². The molecule has 0 bridgehead atoms. The van der Waals surface area contributed by atoms with Crippen LogP contribution in [0.15, 0.2) is 24.3 Å². The van der Waals surface area contributed by atoms with Crippen LogP contribution in [0.5, 0.6) is 0 Å². The Hall–Kier alpha value is -1.92. The van der Waals surface area contributed by atoms with Crippen molar-refractivity contribution in [2.75, 3.05) is 10.6 Å². The van der Waals surface area contributed by atoms with Gasteiger partial charge in [0.05, 0.1) is 0 Å². The van der Waals surface area contributed by atoms with E-state index in [1.165, 1.54) is 6.92 Å². The lowest BCUT2D eigenvalue weighted by molar-refractivity contribution is -0.114. The van der Waals surface area contributed by atoms with Gasteiger partial charge in [-0.1, -0.05) is 0 Å². The highest BCUT2D eigenvalue weighted by atomic mass is 35.5. The highest BCUT2D eigenvalue weighted by molar-refractivity contribution is 6.31. The van der Waals surface area contributed by atoms with Crippen LogP contribution in [-0.4, -0.2) is 20.9 Å². The maximum atomic E-state index is 10.9. The normalized spacial score (nSPS) is 10.1. The number of benzene rings is 1. The third-order valence-electron chi connectivity index (χ3n) is 2.04. The van der Waals surface area contributed by atoms with Crippen molar-refractivity contribution in [3.63, 3.8) is 0 Å². The molecule has 2 rings (SSSR count). The molecule has 1 amide bonds. The maximum Gasteiger partial charge on any atom is 0.232 e. The Morgan fingerprint density at radius 3 is 2.05 bits per heavy atom. The van der Waals surface area contributed by atoms with Gasteiger partial charge in [-0.2, -0.15) is 15.0 Å². The number of halogens is 2. The van der Waals surface area contributed by atoms with Crippen molar-refractivity contribution in [3.05, 3.63) is 34.8 Å². The maximum absolute atomic E-state index is 10.9. The van der Waals surface area contributed by atoms with Gasteiger partial charge in [-0.3, -0.25) is 4.79 Å². The average molecular weight is 298 g/mol. The van der Waals surface area contributed by atoms with Crippen LogP contribution in [0.2, 0.25) is 10.6 Å². The number of amides is 1. The number of carbonyl (C=O) groups is 1. The number of hydrogen-bond acceptors (Lipinski definition) is 5. The van der Waals surface area contributed by atoms with E-state index in [-0.39, 0.29) is 22.4 Å². The predicted octanol–water partition coefficient (Wildman–Crippen LogP) is 2.88. The fraction of sp³-hybridized carbons (Fsp3) is 0.0909. The van der Waals surface area contributed by atoms with Gasteiger partial charge in [-0.25, -0.2) is 0 Å². The molecule has 1 aromatic carbocycles. The van der Waals surface area contributed by atoms with Gasteiger partial charge in [0.1, 0.15) is 0 Å². The molecular formula is C11H9Cl2N5O. The van der Waals surface area contributed by atoms with Gasteiger partial charge in [-0.05, 0) is 47.5 Å². The van der Waals surface area contributed by atoms with Crippen LogP contribution < -0.4 is 10.6 Å². The average Bonchev–Trinajstić information content (AvgIpc) is 2.29. The van der Waals surface area contributed by atoms with Crippen LogP contribution in [-0.2, 0) is 4.79 Å². The van der Waals surface area contributed by atoms with E-state index in [0.717, 1.165) is 5.69 Å². The molecule has 0 saturated carbocycles. The van der Waals surface area contributed by atoms with E-state index in [1.807, 2.05) is 0 Å². The van der Waals surface area contributed by atoms with E-state index in [9.17, 15) is 4.79 Å². The molecule has 98 valence electrons. The Morgan fingerprint density at radius 2 is 1.53 bits per heavy atom. The standard InChI is InChI=1S/C11H9Cl2N5O/c1-6(19)14-7-2-4-8(5-3-7)15-11-17-9(12)16-10(13)18-11/h2-5H,1H3,(H,14,19)(H,15,16,17,18). The summed E-state index contributed by atoms with van der Waals surface area (Å²) in [5, 5.41) is 5.61. The highest BCUT2D eigenvalue weighted by Gasteiger charge is 2.03. The quantitative estimate of drug-likeness (QED) is 0.910. The Balaban J connectivity index is 2.12. The first-order chi connectivity index (χ1) is 9.02. The second kappa shape index (κ2) is 5.81. The van der Waals surface area contributed by atoms with Gasteiger partial charge >= 0.3 is 0 Å². The number of anilines is 3. The molecule has 0 atom stereocenters. The van der Waals surface area contributed by atoms with Crippen molar-refractivity contribution in [2.45, 2.75) is 6.92 Å². The molecule has 2 aromatic rings. The summed E-state index contributed by atoms with van der Waals surface area (Å²) in [6.45, 7) is 1.45. The lowest BCUT2D eigenvalue weighted by Crippen LogP contribution is -2.05. The minimum Gasteiger partial charge on any atom is -0.326 e. The third kappa shape index (κ3) is 4.04. The van der Waals surface area contributed by atoms with E-state index < -0.39 is 0 Å². The molecule has 1 heterocycles. The zero-order valence-electron chi connectivity index (χ0n) is 9.82. The zero-order chi connectivity index (χ0) is 13.8. The smallest absolute Gasteiger partial charge is 0.232 e. The van der Waals surface area contributed by atoms with Gasteiger partial charge in [0.15, 0.2) is 0 Å². The Morgan fingerprint density at radius 1 is 1.00 bits per heavy atom. The number of aromatic nitrogens is 3. The summed E-state index contributed by atoms with van der Waals surface area (Å²) in [7, 11) is 0. The molecule has 0 aliphatic rings. The molecule has 8 heteroatoms. The first kappa shape index (κ1) is 13.5. The number of rotatable bonds is 3. The number of nitrogens with one attached hydrogen (secondary N) is 2. The van der Waals surface area contributed by atoms with Gasteiger partial charge in [-0.15, -0.1) is 0 Å². The van der Waals surface area contributed by atoms with E-state index in [0.29, 0.717) is 5.69 Å². The number of hydrogen-bond donors (Lipinski definition) is 2. The molecule has 0 spiro atoms. The fourth-order valence-corrected chi connectivity index (χ4v) is 1.71. The lowest BCUT2D eigenvalue weighted by Gasteiger charge is -2.06. The van der Waals surface area contributed by atoms with Crippen molar-refractivity contribution in [1.82, 2.24) is 15.0 Å². The molecule has 2 N–H and O–H groups in total. The summed E-state index contributed by atoms with van der Waals surface area (Å²) < 4.78 is 0. The first-order valence-corrected chi connectivity index (χ1v) is 6.00. The van der Waals surface area contributed by atoms with E-state index in [4.69, 9.17) is 23.2 Å². The van der Waals surface area contributed by atoms with Gasteiger partial charge < -0.3 is 10.6 Å². The van der Waals surface area contributed by atoms with E-state index >= 15 is 0 Å². The third-order valence-corrected chi connectivity index (χ3v) is 2.38. The van der Waals surface area contributed by atoms with Crippen LogP contribution in [0.25, 0.3) is 0 Å². The highest BCUT2D eigenvalue weighted by Crippen LogP contribution is 2.18. The molecule has 0 aliphatic heterocycles. The number of carbonyl (C=O) groups excluding carboxylic acids is 1. The van der Waals surface area contributed by atoms with Crippen LogP contribution in [0.4, 0.5) is 17.3 Å². The Bertz CT molecular complexity index is 582. The molecule has 0 aliphatic carbocycles. The van der Waals surface area contributed by atoms with Gasteiger partial charge in [0.25, 0.3) is 0 Å². The van der Waals surface area contributed by atoms with Gasteiger partial charge in [0, 0.05) is 18.3 Å². The van der Waals surface area contributed by atoms with Crippen molar-refractivity contribution < 1.29 is 4.79 Å². The molecule has 1 aromatic heterocycles. The van der Waals surface area contributed by atoms with Crippen LogP contribution in [0.3, 0.4) is 0 Å². The Labute approximate surface area is 119 Å². The summed E-state index contributed by atoms with van der Waals surface area (Å²) >= 11 is 11.3. The number of nitrogens with zero attached hydrogens (tertiary/aromatic N) is 3. The summed E-state index contributed by atoms with van der Waals surface area (Å²) in [6, 6.07) is 7.01. The molecule has 0 radical (unpaired) electrons. The van der Waals surface area contributed by atoms with Crippen molar-refractivity contribution in [1.29, 1.82) is 0 Å². The molecule has 0 unspecified atom stereocenters. The van der Waals surface area contributed by atoms with Gasteiger partial charge in [0.2, 0.25) is 22.4 Å². The summed E-state index contributed by atoms with van der Waals surface area (Å²) in [5.74, 6) is 0.119. The molecule has 0 saturated heterocycles. The van der Waals surface area contributed by atoms with Crippen LogP contribution >= 0.6 is 23.2 Å². The zero-order valence-corrected chi connectivity index (χ0v) is 11.3. The monoisotopic (exact) mass is 297 g/mol. The second-order valence-electron chi connectivity index (χ2n) is 3.58. The SMILES string of the molecule is CC(=O)Nc1ccc(Nc2nc(Cl)nc(Cl)n2)cc1. The molecule has 0 fully saturated rings.